The van der Waals surface area contributed by atoms with Crippen LogP contribution in [0.25, 0.3) is 0 Å². The summed E-state index contributed by atoms with van der Waals surface area (Å²) in [6.45, 7) is 0. The van der Waals surface area contributed by atoms with Crippen molar-refractivity contribution in [2.24, 2.45) is 0 Å². The van der Waals surface area contributed by atoms with E-state index in [2.05, 4.69) is 0 Å². The third-order valence-corrected chi connectivity index (χ3v) is 0. The van der Waals surface area contributed by atoms with Gasteiger partial charge in [0.15, 0.2) is 0 Å². The summed E-state index contributed by atoms with van der Waals surface area (Å²) < 4.78 is 0. The molecule has 4 heavy (non-hydrogen) atoms. The van der Waals surface area contributed by atoms with Crippen molar-refractivity contribution in [3.8, 4) is 0 Å². The molecular formula is HCd2TeZn. The molecule has 0 aromatic carbocycles. The maximum absolute atomic E-state index is 0. The second-order valence-electron chi connectivity index (χ2n) is 0. The smallest absolute Gasteiger partial charge is 0 e. The maximum Gasteiger partial charge on any atom is 0 e. The number of hydrogen-bond acceptors (Lipinski definition) is 0. The van der Waals surface area contributed by atoms with Crippen molar-refractivity contribution in [1.82, 2.24) is 0 Å². The minimum atomic E-state index is 0. The fourth-order valence-electron chi connectivity index (χ4n) is 0. The molecule has 0 aliphatic rings. The van der Waals surface area contributed by atoms with Crippen LogP contribution in [0.5, 0.6) is 0 Å². The van der Waals surface area contributed by atoms with Crippen LogP contribution in [0.4, 0.5) is 0 Å². The van der Waals surface area contributed by atoms with Crippen LogP contribution in [0.1, 0.15) is 0 Å². The molecule has 0 N–H and O–H groups in total. The largest absolute Gasteiger partial charge is 0 e. The molecular weight excluding hydrogens is 418 g/mol. The quantitative estimate of drug-likeness (QED) is 0.459. The predicted octanol–water partition coefficient (Wildman–Crippen LogP) is -0.656. The van der Waals surface area contributed by atoms with Crippen molar-refractivity contribution in [3.63, 3.8) is 0 Å². The molecule has 0 aromatic heterocycles. The van der Waals surface area contributed by atoms with Crippen molar-refractivity contribution in [3.05, 3.63) is 0 Å². The molecule has 0 aromatic rings. The molecule has 0 atom stereocenters. The van der Waals surface area contributed by atoms with E-state index in [4.69, 9.17) is 0 Å². The molecule has 0 amide bonds. The maximum atomic E-state index is 0. The van der Waals surface area contributed by atoms with Crippen LogP contribution in [0.3, 0.4) is 0 Å². The average molecular weight is 419 g/mol. The molecule has 0 unspecified atom stereocenters. The Balaban J connectivity index is 0. The van der Waals surface area contributed by atoms with Crippen molar-refractivity contribution >= 4 is 23.7 Å². The molecule has 0 fully saturated rings. The Kier molecular flexibility index (Phi) is 109. The van der Waals surface area contributed by atoms with E-state index in [1.54, 1.807) is 0 Å². The van der Waals surface area contributed by atoms with Gasteiger partial charge in [-0.05, 0) is 0 Å². The zero-order chi connectivity index (χ0) is 0. The van der Waals surface area contributed by atoms with E-state index in [1.165, 1.54) is 0 Å². The van der Waals surface area contributed by atoms with Crippen LogP contribution in [-0.4, -0.2) is 23.7 Å². The van der Waals surface area contributed by atoms with Gasteiger partial charge < -0.3 is 0 Å². The third-order valence-electron chi connectivity index (χ3n) is 0. The summed E-state index contributed by atoms with van der Waals surface area (Å²) in [6, 6.07) is 0. The van der Waals surface area contributed by atoms with Crippen LogP contribution in [-0.2, 0) is 74.1 Å². The first-order valence-electron chi connectivity index (χ1n) is 0. The molecule has 13 valence electrons. The molecule has 0 saturated carbocycles. The average Bonchev–Trinajstić information content (AvgIpc) is 0. The number of hydrogen-bond donors (Lipinski definition) is 0. The van der Waals surface area contributed by atoms with Gasteiger partial charge in [0.05, 0.1) is 0 Å². The Labute approximate surface area is 95.7 Å². The summed E-state index contributed by atoms with van der Waals surface area (Å²) in [5, 5.41) is 0. The van der Waals surface area contributed by atoms with E-state index in [9.17, 15) is 0 Å². The van der Waals surface area contributed by atoms with Gasteiger partial charge in [-0.25, -0.2) is 0 Å². The Bertz CT molecular complexity index is 6.00. The van der Waals surface area contributed by atoms with E-state index in [0.717, 1.165) is 0 Å². The van der Waals surface area contributed by atoms with Gasteiger partial charge in [0.1, 0.15) is 0 Å². The van der Waals surface area contributed by atoms with E-state index < -0.39 is 0 Å². The van der Waals surface area contributed by atoms with E-state index in [1.807, 2.05) is 0 Å². The topological polar surface area (TPSA) is 0 Å². The molecule has 0 heterocycles. The first-order chi connectivity index (χ1) is 0. The van der Waals surface area contributed by atoms with Gasteiger partial charge in [0.2, 0.25) is 0 Å². The van der Waals surface area contributed by atoms with Crippen LogP contribution < -0.4 is 0 Å². The second-order valence-corrected chi connectivity index (χ2v) is 0. The first kappa shape index (κ1) is 26.8. The molecule has 0 rings (SSSR count). The van der Waals surface area contributed by atoms with Gasteiger partial charge in [-0.3, -0.25) is 0 Å². The standard InChI is InChI=1S/2Cd.HTe.Zn/h;;1H;. The predicted molar refractivity (Wildman–Crippen MR) is 7.15 cm³/mol. The molecule has 0 saturated heterocycles. The summed E-state index contributed by atoms with van der Waals surface area (Å²) >= 11 is 0. The van der Waals surface area contributed by atoms with Crippen molar-refractivity contribution < 1.29 is 74.1 Å². The number of rotatable bonds is 0. The minimum Gasteiger partial charge on any atom is 0 e. The summed E-state index contributed by atoms with van der Waals surface area (Å²) in [7, 11) is 0. The Morgan fingerprint density at radius 3 is 0.750 bits per heavy atom. The zero-order valence-corrected chi connectivity index (χ0v) is 16.2. The van der Waals surface area contributed by atoms with E-state index in [0.29, 0.717) is 0 Å². The van der Waals surface area contributed by atoms with Crippen LogP contribution in [0, 0.1) is 0 Å². The fourth-order valence-corrected chi connectivity index (χ4v) is 0. The second kappa shape index (κ2) is 16.3. The summed E-state index contributed by atoms with van der Waals surface area (Å²) in [5.41, 5.74) is 0. The molecule has 0 aliphatic carbocycles. The third kappa shape index (κ3) is 8.98. The molecule has 1 radical (unpaired) electrons. The molecule has 0 bridgehead atoms. The van der Waals surface area contributed by atoms with Gasteiger partial charge in [-0.1, -0.05) is 0 Å². The normalized spacial score (nSPS) is 0. The SMILES string of the molecule is [Cd].[Cd].[TeH].[Zn]. The fraction of sp³-hybridized carbons (Fsp3) is 0. The van der Waals surface area contributed by atoms with Crippen LogP contribution >= 0.6 is 0 Å². The van der Waals surface area contributed by atoms with Gasteiger partial charge in [-0.2, -0.15) is 0 Å². The Morgan fingerprint density at radius 1 is 0.750 bits per heavy atom. The Morgan fingerprint density at radius 2 is 0.750 bits per heavy atom. The van der Waals surface area contributed by atoms with Gasteiger partial charge in [-0.15, -0.1) is 0 Å². The van der Waals surface area contributed by atoms with E-state index >= 15 is 0 Å². The van der Waals surface area contributed by atoms with E-state index in [-0.39, 0.29) is 97.7 Å². The first-order valence-corrected chi connectivity index (χ1v) is 0. The summed E-state index contributed by atoms with van der Waals surface area (Å²) in [5.74, 6) is 0. The zero-order valence-electron chi connectivity index (χ0n) is 2.57. The Hall–Kier alpha value is 3.26. The summed E-state index contributed by atoms with van der Waals surface area (Å²) in [6.07, 6.45) is 0. The van der Waals surface area contributed by atoms with Crippen molar-refractivity contribution in [1.29, 1.82) is 0 Å². The van der Waals surface area contributed by atoms with Crippen LogP contribution in [0.15, 0.2) is 0 Å². The minimum absolute atomic E-state index is 0. The monoisotopic (exact) mass is 423 g/mol. The summed E-state index contributed by atoms with van der Waals surface area (Å²) in [4.78, 5) is 0. The van der Waals surface area contributed by atoms with Gasteiger partial charge >= 0.3 is 23.7 Å². The molecule has 0 aliphatic heterocycles. The van der Waals surface area contributed by atoms with Crippen LogP contribution in [0.2, 0.25) is 0 Å². The molecule has 0 nitrogen and oxygen atoms in total. The molecule has 0 spiro atoms. The van der Waals surface area contributed by atoms with Crippen molar-refractivity contribution in [2.45, 2.75) is 0 Å². The molecule has 4 heteroatoms. The van der Waals surface area contributed by atoms with Crippen molar-refractivity contribution in [2.75, 3.05) is 0 Å². The van der Waals surface area contributed by atoms with Gasteiger partial charge in [0, 0.05) is 74.1 Å². The van der Waals surface area contributed by atoms with Gasteiger partial charge in [0.25, 0.3) is 0 Å².